The Morgan fingerprint density at radius 1 is 1.23 bits per heavy atom. The lowest BCUT2D eigenvalue weighted by Gasteiger charge is -2.18. The molecule has 8 heteroatoms. The number of hydrogen-bond donors (Lipinski definition) is 1. The van der Waals surface area contributed by atoms with E-state index in [1.165, 1.54) is 23.6 Å². The summed E-state index contributed by atoms with van der Waals surface area (Å²) in [6, 6.07) is 3.78. The second-order valence-electron chi connectivity index (χ2n) is 6.86. The molecular formula is C18H18F2N4OS. The minimum Gasteiger partial charge on any atom is -0.298 e. The van der Waals surface area contributed by atoms with E-state index in [9.17, 15) is 13.6 Å². The van der Waals surface area contributed by atoms with Crippen molar-refractivity contribution in [1.29, 1.82) is 0 Å². The average molecular weight is 376 g/mol. The van der Waals surface area contributed by atoms with Crippen LogP contribution < -0.4 is 5.32 Å². The quantitative estimate of drug-likeness (QED) is 0.742. The number of benzene rings is 1. The number of anilines is 1. The van der Waals surface area contributed by atoms with Gasteiger partial charge in [-0.1, -0.05) is 6.07 Å². The third kappa shape index (κ3) is 4.13. The number of hydrogen-bond acceptors (Lipinski definition) is 4. The lowest BCUT2D eigenvalue weighted by Crippen LogP contribution is -2.22. The van der Waals surface area contributed by atoms with Crippen molar-refractivity contribution >= 4 is 22.4 Å². The molecule has 136 valence electrons. The van der Waals surface area contributed by atoms with Crippen molar-refractivity contribution in [3.8, 4) is 0 Å². The van der Waals surface area contributed by atoms with Gasteiger partial charge in [-0.15, -0.1) is 11.3 Å². The standard InChI is InChI=1S/C18H18F2N4OS/c1-18(2,3)24-10-12(8-22-24)16(25)23-17-21-9-13(26-17)6-11-4-5-14(19)15(20)7-11/h4-5,7-10H,6H2,1-3H3,(H,21,23,25). The summed E-state index contributed by atoms with van der Waals surface area (Å²) in [7, 11) is 0. The fourth-order valence-electron chi connectivity index (χ4n) is 2.27. The first-order valence-corrected chi connectivity index (χ1v) is 8.79. The van der Waals surface area contributed by atoms with Gasteiger partial charge in [0.25, 0.3) is 5.91 Å². The number of aromatic nitrogens is 3. The van der Waals surface area contributed by atoms with Crippen molar-refractivity contribution in [3.63, 3.8) is 0 Å². The van der Waals surface area contributed by atoms with Gasteiger partial charge in [0.1, 0.15) is 0 Å². The van der Waals surface area contributed by atoms with E-state index in [2.05, 4.69) is 15.4 Å². The molecule has 0 aliphatic rings. The average Bonchev–Trinajstić information content (AvgIpc) is 3.20. The number of rotatable bonds is 4. The minimum absolute atomic E-state index is 0.211. The van der Waals surface area contributed by atoms with Gasteiger partial charge in [0, 0.05) is 23.7 Å². The molecule has 1 aromatic carbocycles. The van der Waals surface area contributed by atoms with E-state index >= 15 is 0 Å². The summed E-state index contributed by atoms with van der Waals surface area (Å²) in [6.07, 6.45) is 5.22. The predicted molar refractivity (Wildman–Crippen MR) is 96.5 cm³/mol. The molecule has 2 heterocycles. The molecule has 1 amide bonds. The first-order valence-electron chi connectivity index (χ1n) is 7.97. The van der Waals surface area contributed by atoms with Crippen LogP contribution in [-0.2, 0) is 12.0 Å². The number of nitrogens with zero attached hydrogens (tertiary/aromatic N) is 3. The van der Waals surface area contributed by atoms with Gasteiger partial charge in [-0.25, -0.2) is 13.8 Å². The second kappa shape index (κ2) is 6.95. The van der Waals surface area contributed by atoms with E-state index in [0.29, 0.717) is 22.7 Å². The van der Waals surface area contributed by atoms with Gasteiger partial charge < -0.3 is 0 Å². The zero-order valence-electron chi connectivity index (χ0n) is 14.6. The van der Waals surface area contributed by atoms with Gasteiger partial charge in [-0.3, -0.25) is 14.8 Å². The maximum absolute atomic E-state index is 13.3. The topological polar surface area (TPSA) is 59.8 Å². The van der Waals surface area contributed by atoms with Crippen LogP contribution in [0.3, 0.4) is 0 Å². The molecule has 0 spiro atoms. The van der Waals surface area contributed by atoms with Crippen molar-refractivity contribution in [2.24, 2.45) is 0 Å². The van der Waals surface area contributed by atoms with Crippen molar-refractivity contribution in [2.45, 2.75) is 32.7 Å². The van der Waals surface area contributed by atoms with E-state index in [1.807, 2.05) is 20.8 Å². The third-order valence-electron chi connectivity index (χ3n) is 3.67. The summed E-state index contributed by atoms with van der Waals surface area (Å²) in [6.45, 7) is 5.98. The van der Waals surface area contributed by atoms with Gasteiger partial charge in [0.15, 0.2) is 16.8 Å². The van der Waals surface area contributed by atoms with Crippen LogP contribution in [0.15, 0.2) is 36.8 Å². The molecule has 2 aromatic heterocycles. The van der Waals surface area contributed by atoms with E-state index in [-0.39, 0.29) is 11.4 Å². The van der Waals surface area contributed by atoms with Crippen LogP contribution in [0.1, 0.15) is 41.6 Å². The molecule has 3 rings (SSSR count). The number of halogens is 2. The first kappa shape index (κ1) is 18.2. The molecule has 5 nitrogen and oxygen atoms in total. The lowest BCUT2D eigenvalue weighted by molar-refractivity contribution is 0.102. The normalized spacial score (nSPS) is 11.6. The Bertz CT molecular complexity index is 943. The van der Waals surface area contributed by atoms with Gasteiger partial charge in [-0.2, -0.15) is 5.10 Å². The molecule has 0 unspecified atom stereocenters. The second-order valence-corrected chi connectivity index (χ2v) is 7.97. The van der Waals surface area contributed by atoms with Gasteiger partial charge in [0.2, 0.25) is 0 Å². The van der Waals surface area contributed by atoms with E-state index in [0.717, 1.165) is 17.0 Å². The number of nitrogens with one attached hydrogen (secondary N) is 1. The molecule has 0 saturated heterocycles. The predicted octanol–water partition coefficient (Wildman–Crippen LogP) is 4.22. The summed E-state index contributed by atoms with van der Waals surface area (Å²) < 4.78 is 28.0. The summed E-state index contributed by atoms with van der Waals surface area (Å²) in [5.74, 6) is -2.05. The van der Waals surface area contributed by atoms with Crippen LogP contribution in [0, 0.1) is 11.6 Å². The van der Waals surface area contributed by atoms with Crippen LogP contribution in [0.5, 0.6) is 0 Å². The molecule has 0 bridgehead atoms. The van der Waals surface area contributed by atoms with Gasteiger partial charge in [0.05, 0.1) is 17.3 Å². The Kier molecular flexibility index (Phi) is 4.86. The monoisotopic (exact) mass is 376 g/mol. The van der Waals surface area contributed by atoms with Crippen LogP contribution in [-0.4, -0.2) is 20.7 Å². The maximum Gasteiger partial charge on any atom is 0.260 e. The summed E-state index contributed by atoms with van der Waals surface area (Å²) in [4.78, 5) is 17.3. The Hall–Kier alpha value is -2.61. The molecule has 0 saturated carbocycles. The fraction of sp³-hybridized carbons (Fsp3) is 0.278. The van der Waals surface area contributed by atoms with Crippen molar-refractivity contribution < 1.29 is 13.6 Å². The van der Waals surface area contributed by atoms with E-state index in [4.69, 9.17) is 0 Å². The Morgan fingerprint density at radius 3 is 2.65 bits per heavy atom. The van der Waals surface area contributed by atoms with E-state index < -0.39 is 11.6 Å². The SMILES string of the molecule is CC(C)(C)n1cc(C(=O)Nc2ncc(Cc3ccc(F)c(F)c3)s2)cn1. The number of amides is 1. The zero-order valence-corrected chi connectivity index (χ0v) is 15.4. The highest BCUT2D eigenvalue weighted by Crippen LogP contribution is 2.23. The Labute approximate surface area is 153 Å². The molecule has 3 aromatic rings. The molecule has 0 radical (unpaired) electrons. The van der Waals surface area contributed by atoms with Crippen LogP contribution >= 0.6 is 11.3 Å². The number of thiazole rings is 1. The summed E-state index contributed by atoms with van der Waals surface area (Å²) in [5, 5.41) is 7.37. The van der Waals surface area contributed by atoms with Gasteiger partial charge in [-0.05, 0) is 38.5 Å². The molecule has 1 N–H and O–H groups in total. The largest absolute Gasteiger partial charge is 0.298 e. The molecule has 0 aliphatic carbocycles. The smallest absolute Gasteiger partial charge is 0.260 e. The first-order chi connectivity index (χ1) is 12.2. The maximum atomic E-state index is 13.3. The van der Waals surface area contributed by atoms with Crippen LogP contribution in [0.25, 0.3) is 0 Å². The summed E-state index contributed by atoms with van der Waals surface area (Å²) >= 11 is 1.29. The van der Waals surface area contributed by atoms with E-state index in [1.54, 1.807) is 17.1 Å². The van der Waals surface area contributed by atoms with Crippen LogP contribution in [0.2, 0.25) is 0 Å². The van der Waals surface area contributed by atoms with Gasteiger partial charge >= 0.3 is 0 Å². The number of carbonyl (C=O) groups excluding carboxylic acids is 1. The molecular weight excluding hydrogens is 358 g/mol. The fourth-order valence-corrected chi connectivity index (χ4v) is 3.12. The Morgan fingerprint density at radius 2 is 2.00 bits per heavy atom. The zero-order chi connectivity index (χ0) is 18.9. The Balaban J connectivity index is 1.67. The molecule has 26 heavy (non-hydrogen) atoms. The molecule has 0 aliphatic heterocycles. The number of carbonyl (C=O) groups is 1. The van der Waals surface area contributed by atoms with Crippen molar-refractivity contribution in [2.75, 3.05) is 5.32 Å². The minimum atomic E-state index is -0.878. The molecule has 0 fully saturated rings. The third-order valence-corrected chi connectivity index (χ3v) is 4.58. The van der Waals surface area contributed by atoms with Crippen LogP contribution in [0.4, 0.5) is 13.9 Å². The highest BCUT2D eigenvalue weighted by molar-refractivity contribution is 7.15. The van der Waals surface area contributed by atoms with Crippen molar-refractivity contribution in [3.05, 3.63) is 64.4 Å². The highest BCUT2D eigenvalue weighted by atomic mass is 32.1. The molecule has 0 atom stereocenters. The van der Waals surface area contributed by atoms with Crippen molar-refractivity contribution in [1.82, 2.24) is 14.8 Å². The highest BCUT2D eigenvalue weighted by Gasteiger charge is 2.17. The lowest BCUT2D eigenvalue weighted by atomic mass is 10.1. The summed E-state index contributed by atoms with van der Waals surface area (Å²) in [5.41, 5.74) is 0.867.